The number of aromatic amines is 1. The summed E-state index contributed by atoms with van der Waals surface area (Å²) >= 11 is 12.8. The number of H-pyrrole nitrogens is 1. The molecule has 0 aliphatic rings. The highest BCUT2D eigenvalue weighted by Crippen LogP contribution is 2.28. The molecule has 4 N–H and O–H groups in total. The first-order chi connectivity index (χ1) is 20.9. The Labute approximate surface area is 258 Å². The topological polar surface area (TPSA) is 125 Å². The molecule has 0 bridgehead atoms. The molecule has 0 unspecified atom stereocenters. The largest absolute Gasteiger partial charge is 0.326 e. The van der Waals surface area contributed by atoms with Gasteiger partial charge in [0.05, 0.1) is 29.6 Å². The lowest BCUT2D eigenvalue weighted by molar-refractivity contribution is -0.129. The number of benzene rings is 3. The number of unbranched alkanes of at least 4 members (excludes halogenated alkanes) is 3. The number of nitrogens with one attached hydrogen (secondary N) is 3. The standard InChI is InChI=1S/C32H30Cl2N6O3/c33-25-8-6-9-26(34)24(25)19-40-20-35-27-16-15-23(17-29(27)40)28-18-30(38-37-28)36-32(42)22-13-11-21(12-14-22)7-4-2-1-3-5-10-31(41)39-43/h4,6-9,11-18,20,43H,1-3,5,10,19H2,(H,39,41)(H2,36,37,38,42)/b7-4+. The number of rotatable bonds is 12. The van der Waals surface area contributed by atoms with E-state index in [0.717, 1.165) is 59.1 Å². The molecule has 2 amide bonds. The summed E-state index contributed by atoms with van der Waals surface area (Å²) in [5.74, 6) is -0.200. The van der Waals surface area contributed by atoms with Crippen molar-refractivity contribution in [1.29, 1.82) is 0 Å². The average molecular weight is 618 g/mol. The second-order valence-corrected chi connectivity index (χ2v) is 10.9. The summed E-state index contributed by atoms with van der Waals surface area (Å²) in [5.41, 5.74) is 7.36. The van der Waals surface area contributed by atoms with Gasteiger partial charge < -0.3 is 9.88 Å². The number of fused-ring (bicyclic) bond motifs is 1. The van der Waals surface area contributed by atoms with Crippen molar-refractivity contribution in [2.24, 2.45) is 0 Å². The molecule has 220 valence electrons. The van der Waals surface area contributed by atoms with Crippen LogP contribution in [0, 0.1) is 0 Å². The van der Waals surface area contributed by atoms with Crippen molar-refractivity contribution < 1.29 is 14.8 Å². The first kappa shape index (κ1) is 30.0. The lowest BCUT2D eigenvalue weighted by Gasteiger charge is -2.09. The van der Waals surface area contributed by atoms with Crippen molar-refractivity contribution in [3.63, 3.8) is 0 Å². The Balaban J connectivity index is 1.18. The fourth-order valence-electron chi connectivity index (χ4n) is 4.67. The summed E-state index contributed by atoms with van der Waals surface area (Å²) in [6.45, 7) is 0.477. The van der Waals surface area contributed by atoms with Crippen molar-refractivity contribution in [2.75, 3.05) is 5.32 Å². The molecule has 0 saturated carbocycles. The number of hydroxylamine groups is 1. The van der Waals surface area contributed by atoms with E-state index in [9.17, 15) is 9.59 Å². The lowest BCUT2D eigenvalue weighted by atomic mass is 10.1. The van der Waals surface area contributed by atoms with Crippen LogP contribution in [0.3, 0.4) is 0 Å². The van der Waals surface area contributed by atoms with Gasteiger partial charge in [0.2, 0.25) is 5.91 Å². The number of halogens is 2. The summed E-state index contributed by atoms with van der Waals surface area (Å²) in [4.78, 5) is 28.4. The predicted octanol–water partition coefficient (Wildman–Crippen LogP) is 7.50. The SMILES string of the molecule is O=C(CCCCC/C=C/c1ccc(C(=O)Nc2cc(-c3ccc4ncn(Cc5c(Cl)cccc5Cl)c4c3)[nH]n2)cc1)NO. The molecule has 0 aliphatic carbocycles. The summed E-state index contributed by atoms with van der Waals surface area (Å²) in [5, 5.41) is 19.8. The van der Waals surface area contributed by atoms with Crippen molar-refractivity contribution in [2.45, 2.75) is 38.6 Å². The van der Waals surface area contributed by atoms with Gasteiger partial charge in [-0.2, -0.15) is 5.10 Å². The number of carbonyl (C=O) groups is 2. The van der Waals surface area contributed by atoms with Gasteiger partial charge in [0.1, 0.15) is 0 Å². The molecule has 11 heteroatoms. The molecule has 0 spiro atoms. The third-order valence-corrected chi connectivity index (χ3v) is 7.73. The summed E-state index contributed by atoms with van der Waals surface area (Å²) in [7, 11) is 0. The van der Waals surface area contributed by atoms with Gasteiger partial charge in [-0.15, -0.1) is 0 Å². The van der Waals surface area contributed by atoms with Gasteiger partial charge in [0, 0.05) is 39.2 Å². The molecule has 0 aliphatic heterocycles. The highest BCUT2D eigenvalue weighted by molar-refractivity contribution is 6.36. The van der Waals surface area contributed by atoms with E-state index in [1.165, 1.54) is 0 Å². The number of carbonyl (C=O) groups excluding carboxylic acids is 2. The minimum atomic E-state index is -0.356. The molecule has 5 rings (SSSR count). The molecule has 43 heavy (non-hydrogen) atoms. The summed E-state index contributed by atoms with van der Waals surface area (Å²) in [6.07, 6.45) is 9.65. The number of aromatic nitrogens is 4. The number of imidazole rings is 1. The molecule has 0 saturated heterocycles. The zero-order valence-corrected chi connectivity index (χ0v) is 24.7. The van der Waals surface area contributed by atoms with Crippen LogP contribution in [-0.4, -0.2) is 36.8 Å². The predicted molar refractivity (Wildman–Crippen MR) is 169 cm³/mol. The molecule has 9 nitrogen and oxygen atoms in total. The van der Waals surface area contributed by atoms with Crippen molar-refractivity contribution in [1.82, 2.24) is 25.2 Å². The van der Waals surface area contributed by atoms with E-state index in [0.29, 0.717) is 34.4 Å². The molecular weight excluding hydrogens is 587 g/mol. The van der Waals surface area contributed by atoms with Gasteiger partial charge in [-0.05, 0) is 61.2 Å². The smallest absolute Gasteiger partial charge is 0.256 e. The van der Waals surface area contributed by atoms with Crippen molar-refractivity contribution in [3.8, 4) is 11.3 Å². The Bertz CT molecular complexity index is 1740. The van der Waals surface area contributed by atoms with Gasteiger partial charge in [-0.3, -0.25) is 19.9 Å². The van der Waals surface area contributed by atoms with Crippen molar-refractivity contribution in [3.05, 3.63) is 106 Å². The molecular formula is C32H30Cl2N6O3. The molecule has 5 aromatic rings. The van der Waals surface area contributed by atoms with E-state index < -0.39 is 0 Å². The minimum absolute atomic E-state index is 0.259. The number of hydrogen-bond acceptors (Lipinski definition) is 5. The van der Waals surface area contributed by atoms with Crippen LogP contribution in [-0.2, 0) is 11.3 Å². The Kier molecular flexibility index (Phi) is 9.88. The fraction of sp³-hybridized carbons (Fsp3) is 0.188. The number of allylic oxidation sites excluding steroid dienone is 1. The lowest BCUT2D eigenvalue weighted by Crippen LogP contribution is -2.17. The third kappa shape index (κ3) is 7.70. The van der Waals surface area contributed by atoms with E-state index in [2.05, 4.69) is 26.6 Å². The van der Waals surface area contributed by atoms with E-state index in [-0.39, 0.29) is 11.8 Å². The van der Waals surface area contributed by atoms with E-state index in [1.807, 2.05) is 59.2 Å². The Morgan fingerprint density at radius 1 is 0.977 bits per heavy atom. The van der Waals surface area contributed by atoms with Gasteiger partial charge in [0.15, 0.2) is 5.82 Å². The average Bonchev–Trinajstić information content (AvgIpc) is 3.65. The first-order valence-electron chi connectivity index (χ1n) is 13.9. The molecule has 2 aromatic heterocycles. The van der Waals surface area contributed by atoms with Crippen LogP contribution in [0.4, 0.5) is 5.82 Å². The molecule has 0 atom stereocenters. The van der Waals surface area contributed by atoms with Crippen LogP contribution in [0.1, 0.15) is 53.6 Å². The highest BCUT2D eigenvalue weighted by atomic mass is 35.5. The van der Waals surface area contributed by atoms with E-state index in [1.54, 1.807) is 30.0 Å². The second-order valence-electron chi connectivity index (χ2n) is 10.1. The van der Waals surface area contributed by atoms with Crippen LogP contribution >= 0.6 is 23.2 Å². The Morgan fingerprint density at radius 2 is 1.77 bits per heavy atom. The van der Waals surface area contributed by atoms with Crippen LogP contribution in [0.2, 0.25) is 10.0 Å². The third-order valence-electron chi connectivity index (χ3n) is 7.02. The zero-order valence-electron chi connectivity index (χ0n) is 23.2. The molecule has 3 aromatic carbocycles. The Hall–Kier alpha value is -4.44. The number of amides is 2. The van der Waals surface area contributed by atoms with Gasteiger partial charge in [-0.25, -0.2) is 10.5 Å². The quantitative estimate of drug-likeness (QED) is 0.0656. The van der Waals surface area contributed by atoms with Crippen LogP contribution in [0.5, 0.6) is 0 Å². The molecule has 0 radical (unpaired) electrons. The Morgan fingerprint density at radius 3 is 2.53 bits per heavy atom. The zero-order chi connectivity index (χ0) is 30.2. The number of anilines is 1. The summed E-state index contributed by atoms with van der Waals surface area (Å²) in [6, 6.07) is 20.5. The fourth-order valence-corrected chi connectivity index (χ4v) is 5.19. The van der Waals surface area contributed by atoms with Gasteiger partial charge in [0.25, 0.3) is 5.91 Å². The molecule has 0 fully saturated rings. The maximum Gasteiger partial charge on any atom is 0.256 e. The van der Waals surface area contributed by atoms with Crippen molar-refractivity contribution >= 4 is 57.9 Å². The number of nitrogens with zero attached hydrogens (tertiary/aromatic N) is 3. The monoisotopic (exact) mass is 616 g/mol. The van der Waals surface area contributed by atoms with Gasteiger partial charge in [-0.1, -0.05) is 66.0 Å². The highest BCUT2D eigenvalue weighted by Gasteiger charge is 2.13. The van der Waals surface area contributed by atoms with Crippen LogP contribution < -0.4 is 10.8 Å². The van der Waals surface area contributed by atoms with E-state index in [4.69, 9.17) is 28.4 Å². The summed E-state index contributed by atoms with van der Waals surface area (Å²) < 4.78 is 1.99. The van der Waals surface area contributed by atoms with E-state index >= 15 is 0 Å². The second kappa shape index (κ2) is 14.2. The first-order valence-corrected chi connectivity index (χ1v) is 14.6. The van der Waals surface area contributed by atoms with Crippen LogP contribution in [0.15, 0.2) is 79.1 Å². The maximum atomic E-state index is 12.9. The van der Waals surface area contributed by atoms with Crippen LogP contribution in [0.25, 0.3) is 28.4 Å². The van der Waals surface area contributed by atoms with Gasteiger partial charge >= 0.3 is 0 Å². The minimum Gasteiger partial charge on any atom is -0.326 e. The molecule has 2 heterocycles. The maximum absolute atomic E-state index is 12.9. The number of hydrogen-bond donors (Lipinski definition) is 4. The normalized spacial score (nSPS) is 11.3.